The Bertz CT molecular complexity index is 396. The quantitative estimate of drug-likeness (QED) is 0.760. The van der Waals surface area contributed by atoms with E-state index in [0.717, 1.165) is 15.3 Å². The number of benzene rings is 1. The van der Waals surface area contributed by atoms with Crippen LogP contribution < -0.4 is 5.31 Å². The summed E-state index contributed by atoms with van der Waals surface area (Å²) in [4.78, 5) is 11.2. The number of amides is 1. The molecule has 3 nitrogen and oxygen atoms in total. The Kier molecular flexibility index (Phi) is 1.72. The number of carbonyl (C=O) groups is 1. The summed E-state index contributed by atoms with van der Waals surface area (Å²) < 4.78 is 13.3. The van der Waals surface area contributed by atoms with Crippen molar-refractivity contribution in [3.05, 3.63) is 28.2 Å². The van der Waals surface area contributed by atoms with Crippen molar-refractivity contribution in [1.29, 1.82) is 0 Å². The molecule has 1 amide bonds. The summed E-state index contributed by atoms with van der Waals surface area (Å²) in [5, 5.41) is 0.764. The molecule has 1 aliphatic heterocycles. The molecule has 1 heterocycles. The third-order valence-electron chi connectivity index (χ3n) is 1.92. The smallest absolute Gasteiger partial charge is 0.412 e. The van der Waals surface area contributed by atoms with E-state index in [-0.39, 0.29) is 6.10 Å². The van der Waals surface area contributed by atoms with E-state index < -0.39 is 6.09 Å². The average molecular weight is 243 g/mol. The van der Waals surface area contributed by atoms with E-state index in [4.69, 9.17) is 6.15 Å². The maximum absolute atomic E-state index is 11.2. The SMILES string of the molecule is [2H]N1C(=O)OC(C)c2ccc(Br)cc21. The summed E-state index contributed by atoms with van der Waals surface area (Å²) in [7, 11) is 0. The molecule has 0 saturated carbocycles. The summed E-state index contributed by atoms with van der Waals surface area (Å²) in [5.41, 5.74) is 1.42. The summed E-state index contributed by atoms with van der Waals surface area (Å²) in [5.74, 6) is 0. The summed E-state index contributed by atoms with van der Waals surface area (Å²) >= 11 is 3.30. The molecule has 1 unspecified atom stereocenters. The number of nitrogens with one attached hydrogen (secondary N) is 1. The maximum atomic E-state index is 11.2. The third kappa shape index (κ3) is 1.54. The van der Waals surface area contributed by atoms with Crippen molar-refractivity contribution in [3.63, 3.8) is 0 Å². The number of cyclic esters (lactones) is 1. The highest BCUT2D eigenvalue weighted by Crippen LogP contribution is 2.32. The van der Waals surface area contributed by atoms with Gasteiger partial charge in [0.15, 0.2) is 1.41 Å². The van der Waals surface area contributed by atoms with Crippen molar-refractivity contribution < 1.29 is 10.9 Å². The van der Waals surface area contributed by atoms with E-state index in [9.17, 15) is 4.79 Å². The topological polar surface area (TPSA) is 38.3 Å². The molecule has 0 bridgehead atoms. The zero-order valence-electron chi connectivity index (χ0n) is 7.95. The van der Waals surface area contributed by atoms with Crippen LogP contribution >= 0.6 is 15.9 Å². The van der Waals surface area contributed by atoms with Gasteiger partial charge in [0.05, 0.1) is 5.69 Å². The second-order valence-electron chi connectivity index (χ2n) is 2.84. The van der Waals surface area contributed by atoms with Crippen molar-refractivity contribution in [2.24, 2.45) is 0 Å². The van der Waals surface area contributed by atoms with Crippen molar-refractivity contribution >= 4 is 27.7 Å². The predicted molar refractivity (Wildman–Crippen MR) is 52.7 cm³/mol. The molecular weight excluding hydrogens is 234 g/mol. The first-order valence-electron chi connectivity index (χ1n) is 4.33. The van der Waals surface area contributed by atoms with Gasteiger partial charge in [0.2, 0.25) is 0 Å². The lowest BCUT2D eigenvalue weighted by atomic mass is 10.1. The zero-order valence-corrected chi connectivity index (χ0v) is 8.54. The molecule has 0 fully saturated rings. The van der Waals surface area contributed by atoms with Gasteiger partial charge in [-0.05, 0) is 19.1 Å². The van der Waals surface area contributed by atoms with Gasteiger partial charge in [0, 0.05) is 10.0 Å². The molecular formula is C9H8BrNO2. The van der Waals surface area contributed by atoms with Crippen LogP contribution in [0.3, 0.4) is 0 Å². The van der Waals surface area contributed by atoms with E-state index in [1.54, 1.807) is 13.0 Å². The lowest BCUT2D eigenvalue weighted by Crippen LogP contribution is -2.22. The Labute approximate surface area is 85.7 Å². The molecule has 0 saturated heterocycles. The van der Waals surface area contributed by atoms with Gasteiger partial charge in [-0.15, -0.1) is 0 Å². The number of ether oxygens (including phenoxy) is 1. The van der Waals surface area contributed by atoms with Crippen LogP contribution in [0.5, 0.6) is 0 Å². The van der Waals surface area contributed by atoms with Crippen LogP contribution in [0.15, 0.2) is 22.7 Å². The van der Waals surface area contributed by atoms with Gasteiger partial charge in [-0.1, -0.05) is 22.0 Å². The number of halogens is 1. The Morgan fingerprint density at radius 3 is 3.23 bits per heavy atom. The lowest BCUT2D eigenvalue weighted by Gasteiger charge is -2.23. The fraction of sp³-hybridized carbons (Fsp3) is 0.222. The molecule has 1 atom stereocenters. The molecule has 0 aromatic heterocycles. The van der Waals surface area contributed by atoms with Gasteiger partial charge >= 0.3 is 6.09 Å². The third-order valence-corrected chi connectivity index (χ3v) is 2.41. The van der Waals surface area contributed by atoms with Crippen molar-refractivity contribution in [2.75, 3.05) is 5.31 Å². The fourth-order valence-electron chi connectivity index (χ4n) is 1.30. The van der Waals surface area contributed by atoms with Crippen molar-refractivity contribution in [2.45, 2.75) is 13.0 Å². The standard InChI is InChI=1S/C9H8BrNO2/c1-5-7-3-2-6(10)4-8(7)11-9(12)13-5/h2-5H,1H3,(H,11,12)/i/hD. The Morgan fingerprint density at radius 2 is 2.46 bits per heavy atom. The van der Waals surface area contributed by atoms with Crippen LogP contribution in [0, 0.1) is 0 Å². The molecule has 1 N–H and O–H groups in total. The van der Waals surface area contributed by atoms with Gasteiger partial charge in [0.25, 0.3) is 0 Å². The number of anilines is 1. The number of rotatable bonds is 0. The van der Waals surface area contributed by atoms with Gasteiger partial charge in [-0.2, -0.15) is 0 Å². The second kappa shape index (κ2) is 3.03. The Balaban J connectivity index is 2.56. The molecule has 1 aliphatic rings. The van der Waals surface area contributed by atoms with E-state index in [2.05, 4.69) is 15.9 Å². The van der Waals surface area contributed by atoms with Crippen LogP contribution in [-0.4, -0.2) is 6.09 Å². The molecule has 4 heteroatoms. The minimum Gasteiger partial charge on any atom is -0.441 e. The fourth-order valence-corrected chi connectivity index (χ4v) is 1.65. The highest BCUT2D eigenvalue weighted by atomic mass is 79.9. The molecule has 1 aromatic carbocycles. The first kappa shape index (κ1) is 7.38. The van der Waals surface area contributed by atoms with E-state index in [0.29, 0.717) is 5.69 Å². The second-order valence-corrected chi connectivity index (χ2v) is 3.76. The van der Waals surface area contributed by atoms with Crippen LogP contribution in [0.1, 0.15) is 18.6 Å². The monoisotopic (exact) mass is 242 g/mol. The number of carbonyl (C=O) groups excluding carboxylic acids is 1. The van der Waals surface area contributed by atoms with Gasteiger partial charge < -0.3 is 4.74 Å². The minimum atomic E-state index is -0.636. The van der Waals surface area contributed by atoms with Crippen molar-refractivity contribution in [1.82, 2.24) is 0 Å². The molecule has 13 heavy (non-hydrogen) atoms. The minimum absolute atomic E-state index is 0.285. The van der Waals surface area contributed by atoms with Crippen LogP contribution in [0.4, 0.5) is 10.5 Å². The first-order chi connectivity index (χ1) is 6.59. The van der Waals surface area contributed by atoms with Gasteiger partial charge in [0.1, 0.15) is 6.10 Å². The normalized spacial score (nSPS) is 22.0. The first-order valence-corrected chi connectivity index (χ1v) is 4.68. The summed E-state index contributed by atoms with van der Waals surface area (Å²) in [6.45, 7) is 1.79. The largest absolute Gasteiger partial charge is 0.441 e. The van der Waals surface area contributed by atoms with Crippen LogP contribution in [0.2, 0.25) is 1.41 Å². The van der Waals surface area contributed by atoms with E-state index >= 15 is 0 Å². The molecule has 68 valence electrons. The zero-order chi connectivity index (χ0) is 10.3. The molecule has 0 radical (unpaired) electrons. The highest BCUT2D eigenvalue weighted by molar-refractivity contribution is 9.10. The molecule has 2 rings (SSSR count). The highest BCUT2D eigenvalue weighted by Gasteiger charge is 2.21. The molecule has 0 spiro atoms. The summed E-state index contributed by atoms with van der Waals surface area (Å²) in [6.07, 6.45) is -0.921. The maximum Gasteiger partial charge on any atom is 0.412 e. The van der Waals surface area contributed by atoms with Crippen LogP contribution in [-0.2, 0) is 4.74 Å². The Hall–Kier alpha value is -1.03. The van der Waals surface area contributed by atoms with Crippen LogP contribution in [0.25, 0.3) is 0 Å². The predicted octanol–water partition coefficient (Wildman–Crippen LogP) is 3.07. The molecule has 0 aliphatic carbocycles. The number of fused-ring (bicyclic) bond motifs is 1. The lowest BCUT2D eigenvalue weighted by molar-refractivity contribution is 0.116. The number of hydrogen-bond donors (Lipinski definition) is 1. The summed E-state index contributed by atoms with van der Waals surface area (Å²) in [6, 6.07) is 5.44. The van der Waals surface area contributed by atoms with Gasteiger partial charge in [-0.3, -0.25) is 5.31 Å². The Morgan fingerprint density at radius 1 is 1.69 bits per heavy atom. The number of hydrogen-bond acceptors (Lipinski definition) is 2. The average Bonchev–Trinajstić information content (AvgIpc) is 2.14. The van der Waals surface area contributed by atoms with Gasteiger partial charge in [-0.25, -0.2) is 4.79 Å². The van der Waals surface area contributed by atoms with E-state index in [1.807, 2.05) is 12.1 Å². The molecule has 1 aromatic rings. The van der Waals surface area contributed by atoms with Crippen molar-refractivity contribution in [3.8, 4) is 0 Å². The van der Waals surface area contributed by atoms with E-state index in [1.165, 1.54) is 0 Å².